The van der Waals surface area contributed by atoms with Gasteiger partial charge in [0, 0.05) is 5.02 Å². The van der Waals surface area contributed by atoms with Crippen molar-refractivity contribution in [2.24, 2.45) is 0 Å². The second-order valence-electron chi connectivity index (χ2n) is 4.25. The summed E-state index contributed by atoms with van der Waals surface area (Å²) in [5.74, 6) is 0.114. The first kappa shape index (κ1) is 12.4. The SMILES string of the molecule is COC(=O)c1cc(Cl)ccc1C1CCNCC1. The van der Waals surface area contributed by atoms with Crippen molar-refractivity contribution < 1.29 is 9.53 Å². The molecule has 1 aromatic rings. The van der Waals surface area contributed by atoms with Crippen molar-refractivity contribution in [3.8, 4) is 0 Å². The average Bonchev–Trinajstić information content (AvgIpc) is 2.38. The van der Waals surface area contributed by atoms with Crippen LogP contribution in [-0.2, 0) is 4.74 Å². The summed E-state index contributed by atoms with van der Waals surface area (Å²) >= 11 is 5.94. The molecule has 4 heteroatoms. The molecule has 0 aliphatic carbocycles. The molecule has 3 nitrogen and oxygen atoms in total. The van der Waals surface area contributed by atoms with Crippen molar-refractivity contribution in [2.45, 2.75) is 18.8 Å². The second kappa shape index (κ2) is 5.52. The third-order valence-corrected chi connectivity index (χ3v) is 3.43. The van der Waals surface area contributed by atoms with Gasteiger partial charge in [0.25, 0.3) is 0 Å². The minimum atomic E-state index is -0.305. The van der Waals surface area contributed by atoms with Gasteiger partial charge in [0.2, 0.25) is 0 Å². The van der Waals surface area contributed by atoms with Gasteiger partial charge >= 0.3 is 5.97 Å². The lowest BCUT2D eigenvalue weighted by atomic mass is 9.87. The molecular formula is C13H16ClNO2. The molecule has 1 aliphatic rings. The first-order valence-electron chi connectivity index (χ1n) is 5.81. The summed E-state index contributed by atoms with van der Waals surface area (Å²) < 4.78 is 4.81. The number of hydrogen-bond acceptors (Lipinski definition) is 3. The fourth-order valence-electron chi connectivity index (χ4n) is 2.30. The van der Waals surface area contributed by atoms with Gasteiger partial charge in [-0.25, -0.2) is 4.79 Å². The van der Waals surface area contributed by atoms with E-state index >= 15 is 0 Å². The van der Waals surface area contributed by atoms with Crippen LogP contribution >= 0.6 is 11.6 Å². The Balaban J connectivity index is 2.34. The van der Waals surface area contributed by atoms with Crippen molar-refractivity contribution in [3.05, 3.63) is 34.3 Å². The number of methoxy groups -OCH3 is 1. The van der Waals surface area contributed by atoms with Gasteiger partial charge in [-0.2, -0.15) is 0 Å². The van der Waals surface area contributed by atoms with Gasteiger partial charge in [0.1, 0.15) is 0 Å². The first-order chi connectivity index (χ1) is 8.22. The molecule has 0 unspecified atom stereocenters. The van der Waals surface area contributed by atoms with Crippen LogP contribution in [0.3, 0.4) is 0 Å². The number of rotatable bonds is 2. The van der Waals surface area contributed by atoms with Crippen molar-refractivity contribution in [2.75, 3.05) is 20.2 Å². The minimum Gasteiger partial charge on any atom is -0.465 e. The number of nitrogens with one attached hydrogen (secondary N) is 1. The summed E-state index contributed by atoms with van der Waals surface area (Å²) in [6, 6.07) is 5.49. The van der Waals surface area contributed by atoms with E-state index in [4.69, 9.17) is 16.3 Å². The van der Waals surface area contributed by atoms with Gasteiger partial charge in [-0.15, -0.1) is 0 Å². The average molecular weight is 254 g/mol. The van der Waals surface area contributed by atoms with Gasteiger partial charge < -0.3 is 10.1 Å². The maximum atomic E-state index is 11.7. The highest BCUT2D eigenvalue weighted by molar-refractivity contribution is 6.31. The van der Waals surface area contributed by atoms with Crippen LogP contribution in [0.1, 0.15) is 34.7 Å². The molecule has 17 heavy (non-hydrogen) atoms. The van der Waals surface area contributed by atoms with Gasteiger partial charge in [-0.1, -0.05) is 17.7 Å². The van der Waals surface area contributed by atoms with E-state index in [1.807, 2.05) is 12.1 Å². The summed E-state index contributed by atoms with van der Waals surface area (Å²) in [6.07, 6.45) is 2.09. The molecule has 0 bridgehead atoms. The maximum Gasteiger partial charge on any atom is 0.338 e. The molecule has 92 valence electrons. The number of carbonyl (C=O) groups excluding carboxylic acids is 1. The number of carbonyl (C=O) groups is 1. The number of halogens is 1. The summed E-state index contributed by atoms with van der Waals surface area (Å²) in [4.78, 5) is 11.7. The summed E-state index contributed by atoms with van der Waals surface area (Å²) in [5, 5.41) is 3.89. The van der Waals surface area contributed by atoms with Crippen LogP contribution in [0.4, 0.5) is 0 Å². The molecule has 0 radical (unpaired) electrons. The zero-order valence-electron chi connectivity index (χ0n) is 9.83. The van der Waals surface area contributed by atoms with E-state index < -0.39 is 0 Å². The Morgan fingerprint density at radius 1 is 1.41 bits per heavy atom. The van der Waals surface area contributed by atoms with Crippen LogP contribution in [-0.4, -0.2) is 26.2 Å². The summed E-state index contributed by atoms with van der Waals surface area (Å²) in [7, 11) is 1.40. The highest BCUT2D eigenvalue weighted by Gasteiger charge is 2.21. The van der Waals surface area contributed by atoms with Crippen LogP contribution in [0.25, 0.3) is 0 Å². The quantitative estimate of drug-likeness (QED) is 0.824. The van der Waals surface area contributed by atoms with Crippen LogP contribution in [0.5, 0.6) is 0 Å². The lowest BCUT2D eigenvalue weighted by molar-refractivity contribution is 0.0598. The van der Waals surface area contributed by atoms with E-state index in [1.165, 1.54) is 7.11 Å². The molecule has 0 spiro atoms. The normalized spacial score (nSPS) is 16.8. The number of benzene rings is 1. The predicted molar refractivity (Wildman–Crippen MR) is 67.6 cm³/mol. The third kappa shape index (κ3) is 2.79. The molecular weight excluding hydrogens is 238 g/mol. The van der Waals surface area contributed by atoms with Crippen molar-refractivity contribution in [1.82, 2.24) is 5.32 Å². The van der Waals surface area contributed by atoms with Crippen molar-refractivity contribution in [3.63, 3.8) is 0 Å². The van der Waals surface area contributed by atoms with E-state index in [-0.39, 0.29) is 5.97 Å². The van der Waals surface area contributed by atoms with E-state index in [0.717, 1.165) is 31.5 Å². The molecule has 0 amide bonds. The Hall–Kier alpha value is -1.06. The number of hydrogen-bond donors (Lipinski definition) is 1. The summed E-state index contributed by atoms with van der Waals surface area (Å²) in [6.45, 7) is 1.99. The first-order valence-corrected chi connectivity index (χ1v) is 6.18. The lowest BCUT2D eigenvalue weighted by Crippen LogP contribution is -2.27. The Kier molecular flexibility index (Phi) is 4.02. The molecule has 2 rings (SSSR count). The van der Waals surface area contributed by atoms with Crippen LogP contribution in [0.2, 0.25) is 5.02 Å². The Labute approximate surface area is 106 Å². The Morgan fingerprint density at radius 3 is 2.76 bits per heavy atom. The van der Waals surface area contributed by atoms with Gasteiger partial charge in [-0.05, 0) is 49.5 Å². The molecule has 0 saturated carbocycles. The number of esters is 1. The van der Waals surface area contributed by atoms with Crippen LogP contribution < -0.4 is 5.32 Å². The standard InChI is InChI=1S/C13H16ClNO2/c1-17-13(16)12-8-10(14)2-3-11(12)9-4-6-15-7-5-9/h2-3,8-9,15H,4-7H2,1H3. The fraction of sp³-hybridized carbons (Fsp3) is 0.462. The van der Waals surface area contributed by atoms with Crippen LogP contribution in [0.15, 0.2) is 18.2 Å². The molecule has 1 aliphatic heterocycles. The predicted octanol–water partition coefficient (Wildman–Crippen LogP) is 2.59. The number of ether oxygens (including phenoxy) is 1. The van der Waals surface area contributed by atoms with E-state index in [1.54, 1.807) is 6.07 Å². The third-order valence-electron chi connectivity index (χ3n) is 3.20. The molecule has 0 aromatic heterocycles. The largest absolute Gasteiger partial charge is 0.465 e. The van der Waals surface area contributed by atoms with Crippen molar-refractivity contribution >= 4 is 17.6 Å². The zero-order chi connectivity index (χ0) is 12.3. The smallest absolute Gasteiger partial charge is 0.338 e. The molecule has 1 heterocycles. The van der Waals surface area contributed by atoms with E-state index in [2.05, 4.69) is 5.32 Å². The number of piperidine rings is 1. The summed E-state index contributed by atoms with van der Waals surface area (Å²) in [5.41, 5.74) is 1.66. The fourth-order valence-corrected chi connectivity index (χ4v) is 2.48. The minimum absolute atomic E-state index is 0.305. The molecule has 1 N–H and O–H groups in total. The topological polar surface area (TPSA) is 38.3 Å². The van der Waals surface area contributed by atoms with E-state index in [9.17, 15) is 4.79 Å². The lowest BCUT2D eigenvalue weighted by Gasteiger charge is -2.24. The molecule has 1 fully saturated rings. The van der Waals surface area contributed by atoms with Gasteiger partial charge in [0.15, 0.2) is 0 Å². The highest BCUT2D eigenvalue weighted by atomic mass is 35.5. The zero-order valence-corrected chi connectivity index (χ0v) is 10.6. The Morgan fingerprint density at radius 2 is 2.12 bits per heavy atom. The molecule has 1 aromatic carbocycles. The van der Waals surface area contributed by atoms with Gasteiger partial charge in [0.05, 0.1) is 12.7 Å². The second-order valence-corrected chi connectivity index (χ2v) is 4.68. The Bertz CT molecular complexity index is 414. The highest BCUT2D eigenvalue weighted by Crippen LogP contribution is 2.30. The van der Waals surface area contributed by atoms with Crippen LogP contribution in [0, 0.1) is 0 Å². The monoisotopic (exact) mass is 253 g/mol. The van der Waals surface area contributed by atoms with E-state index in [0.29, 0.717) is 16.5 Å². The van der Waals surface area contributed by atoms with Gasteiger partial charge in [-0.3, -0.25) is 0 Å². The van der Waals surface area contributed by atoms with Crippen molar-refractivity contribution in [1.29, 1.82) is 0 Å². The maximum absolute atomic E-state index is 11.7. The molecule has 1 saturated heterocycles. The molecule has 0 atom stereocenters.